The summed E-state index contributed by atoms with van der Waals surface area (Å²) in [5.74, 6) is -1.39. The Morgan fingerprint density at radius 3 is 2.70 bits per heavy atom. The van der Waals surface area contributed by atoms with Gasteiger partial charge < -0.3 is 26.3 Å². The first-order valence-electron chi connectivity index (χ1n) is 9.28. The molecule has 33 heavy (non-hydrogen) atoms. The smallest absolute Gasteiger partial charge is 0.398 e. The van der Waals surface area contributed by atoms with Gasteiger partial charge in [0.1, 0.15) is 5.82 Å². The van der Waals surface area contributed by atoms with E-state index in [0.29, 0.717) is 34.6 Å². The highest BCUT2D eigenvalue weighted by Crippen LogP contribution is 2.29. The van der Waals surface area contributed by atoms with E-state index in [9.17, 15) is 18.0 Å². The fourth-order valence-electron chi connectivity index (χ4n) is 2.76. The lowest BCUT2D eigenvalue weighted by atomic mass is 10.2. The second-order valence-corrected chi connectivity index (χ2v) is 6.67. The standard InChI is InChI=1S/C20H15F3N8O2/c21-20(22,23)15-9-14(30-33-15)19(32)28-16-2-1-3-18(27-16)31-7-6-17(29-31)26-12-4-5-13(25)11(8-12)10-24/h1-10,24H,25H2,(H,26,29)(H,27,28,32). The van der Waals surface area contributed by atoms with Crippen LogP contribution in [0.4, 0.5) is 36.2 Å². The van der Waals surface area contributed by atoms with Gasteiger partial charge in [-0.2, -0.15) is 13.2 Å². The number of halogens is 3. The Bertz CT molecular complexity index is 1330. The fourth-order valence-corrected chi connectivity index (χ4v) is 2.76. The normalized spacial score (nSPS) is 11.2. The van der Waals surface area contributed by atoms with Gasteiger partial charge in [0.2, 0.25) is 5.76 Å². The van der Waals surface area contributed by atoms with E-state index in [1.54, 1.807) is 42.6 Å². The zero-order valence-corrected chi connectivity index (χ0v) is 16.6. The average molecular weight is 456 g/mol. The van der Waals surface area contributed by atoms with Crippen LogP contribution in [0.3, 0.4) is 0 Å². The second-order valence-electron chi connectivity index (χ2n) is 6.67. The number of amides is 1. The van der Waals surface area contributed by atoms with Gasteiger partial charge in [-0.1, -0.05) is 11.2 Å². The van der Waals surface area contributed by atoms with Crippen LogP contribution in [-0.2, 0) is 6.18 Å². The van der Waals surface area contributed by atoms with Gasteiger partial charge in [-0.15, -0.1) is 5.10 Å². The summed E-state index contributed by atoms with van der Waals surface area (Å²) in [4.78, 5) is 16.4. The number of carbonyl (C=O) groups is 1. The highest BCUT2D eigenvalue weighted by Gasteiger charge is 2.36. The summed E-state index contributed by atoms with van der Waals surface area (Å²) < 4.78 is 43.4. The number of nitrogen functional groups attached to an aromatic ring is 1. The zero-order chi connectivity index (χ0) is 23.6. The molecule has 4 aromatic rings. The molecule has 0 bridgehead atoms. The van der Waals surface area contributed by atoms with Crippen LogP contribution in [0.25, 0.3) is 5.82 Å². The van der Waals surface area contributed by atoms with Gasteiger partial charge in [0.15, 0.2) is 17.3 Å². The fraction of sp³-hybridized carbons (Fsp3) is 0.0500. The number of anilines is 4. The third-order valence-corrected chi connectivity index (χ3v) is 4.34. The van der Waals surface area contributed by atoms with Gasteiger partial charge in [-0.3, -0.25) is 4.79 Å². The minimum absolute atomic E-state index is 0.0771. The van der Waals surface area contributed by atoms with Gasteiger partial charge in [0, 0.05) is 41.5 Å². The first kappa shape index (κ1) is 21.5. The van der Waals surface area contributed by atoms with Gasteiger partial charge in [-0.25, -0.2) is 9.67 Å². The summed E-state index contributed by atoms with van der Waals surface area (Å²) in [7, 11) is 0. The molecule has 13 heteroatoms. The van der Waals surface area contributed by atoms with Crippen LogP contribution in [0.15, 0.2) is 59.3 Å². The van der Waals surface area contributed by atoms with Crippen LogP contribution in [0, 0.1) is 5.41 Å². The van der Waals surface area contributed by atoms with Crippen LogP contribution < -0.4 is 16.4 Å². The lowest BCUT2D eigenvalue weighted by Crippen LogP contribution is -2.14. The van der Waals surface area contributed by atoms with E-state index < -0.39 is 23.5 Å². The van der Waals surface area contributed by atoms with Crippen molar-refractivity contribution in [1.29, 1.82) is 5.41 Å². The number of benzene rings is 1. The summed E-state index contributed by atoms with van der Waals surface area (Å²) in [5.41, 5.74) is 6.95. The molecule has 5 N–H and O–H groups in total. The molecule has 0 spiro atoms. The van der Waals surface area contributed by atoms with E-state index in [0.717, 1.165) is 6.21 Å². The Hall–Kier alpha value is -4.68. The van der Waals surface area contributed by atoms with Crippen LogP contribution >= 0.6 is 0 Å². The number of nitrogens with two attached hydrogens (primary N) is 1. The molecule has 0 aliphatic carbocycles. The summed E-state index contributed by atoms with van der Waals surface area (Å²) >= 11 is 0. The minimum atomic E-state index is -4.75. The molecule has 0 fully saturated rings. The van der Waals surface area contributed by atoms with Gasteiger partial charge in [-0.05, 0) is 30.3 Å². The molecule has 3 aromatic heterocycles. The summed E-state index contributed by atoms with van der Waals surface area (Å²) in [6.45, 7) is 0. The van der Waals surface area contributed by atoms with Crippen molar-refractivity contribution in [3.05, 3.63) is 71.7 Å². The van der Waals surface area contributed by atoms with Gasteiger partial charge in [0.05, 0.1) is 0 Å². The Labute approximate surface area is 183 Å². The third kappa shape index (κ3) is 4.81. The van der Waals surface area contributed by atoms with Crippen molar-refractivity contribution < 1.29 is 22.5 Å². The first-order chi connectivity index (χ1) is 15.7. The molecule has 3 heterocycles. The van der Waals surface area contributed by atoms with Crippen LogP contribution in [0.5, 0.6) is 0 Å². The predicted molar refractivity (Wildman–Crippen MR) is 113 cm³/mol. The maximum atomic E-state index is 12.6. The monoisotopic (exact) mass is 456 g/mol. The number of alkyl halides is 3. The number of nitrogens with one attached hydrogen (secondary N) is 3. The summed E-state index contributed by atoms with van der Waals surface area (Å²) in [6.07, 6.45) is -1.98. The number of nitrogens with zero attached hydrogens (tertiary/aromatic N) is 4. The topological polar surface area (TPSA) is 148 Å². The highest BCUT2D eigenvalue weighted by molar-refractivity contribution is 6.02. The molecule has 0 saturated heterocycles. The Morgan fingerprint density at radius 1 is 1.15 bits per heavy atom. The molecule has 10 nitrogen and oxygen atoms in total. The largest absolute Gasteiger partial charge is 0.452 e. The number of rotatable bonds is 6. The van der Waals surface area contributed by atoms with Gasteiger partial charge in [0.25, 0.3) is 5.91 Å². The zero-order valence-electron chi connectivity index (χ0n) is 16.6. The summed E-state index contributed by atoms with van der Waals surface area (Å²) in [6, 6.07) is 12.0. The van der Waals surface area contributed by atoms with Crippen molar-refractivity contribution in [2.24, 2.45) is 0 Å². The van der Waals surface area contributed by atoms with E-state index in [1.807, 2.05) is 0 Å². The molecular formula is C20H15F3N8O2. The molecule has 0 aliphatic heterocycles. The van der Waals surface area contributed by atoms with Crippen molar-refractivity contribution >= 4 is 35.1 Å². The van der Waals surface area contributed by atoms with Crippen molar-refractivity contribution in [2.45, 2.75) is 6.18 Å². The molecular weight excluding hydrogens is 441 g/mol. The quantitative estimate of drug-likeness (QED) is 0.254. The molecule has 0 saturated carbocycles. The first-order valence-corrected chi connectivity index (χ1v) is 9.28. The molecule has 4 rings (SSSR count). The van der Waals surface area contributed by atoms with Gasteiger partial charge >= 0.3 is 6.18 Å². The molecule has 0 radical (unpaired) electrons. The Kier molecular flexibility index (Phi) is 5.52. The van der Waals surface area contributed by atoms with E-state index in [2.05, 4.69) is 30.4 Å². The third-order valence-electron chi connectivity index (χ3n) is 4.34. The average Bonchev–Trinajstić information content (AvgIpc) is 3.45. The van der Waals surface area contributed by atoms with E-state index in [4.69, 9.17) is 11.1 Å². The Morgan fingerprint density at radius 2 is 1.97 bits per heavy atom. The number of hydrogen-bond acceptors (Lipinski definition) is 8. The maximum Gasteiger partial charge on any atom is 0.452 e. The SMILES string of the molecule is N=Cc1cc(Nc2ccn(-c3cccc(NC(=O)c4cc(C(F)(F)F)on4)n3)n2)ccc1N. The number of carbonyl (C=O) groups excluding carboxylic acids is 1. The molecule has 0 atom stereocenters. The van der Waals surface area contributed by atoms with Crippen molar-refractivity contribution in [3.63, 3.8) is 0 Å². The molecule has 1 amide bonds. The second kappa shape index (κ2) is 8.45. The van der Waals surface area contributed by atoms with Crippen LogP contribution in [0.2, 0.25) is 0 Å². The maximum absolute atomic E-state index is 12.6. The highest BCUT2D eigenvalue weighted by atomic mass is 19.4. The van der Waals surface area contributed by atoms with Crippen LogP contribution in [-0.4, -0.2) is 32.0 Å². The Balaban J connectivity index is 1.48. The van der Waals surface area contributed by atoms with Crippen LogP contribution in [0.1, 0.15) is 21.8 Å². The molecule has 0 unspecified atom stereocenters. The number of hydrogen-bond donors (Lipinski definition) is 4. The van der Waals surface area contributed by atoms with E-state index in [1.165, 1.54) is 10.7 Å². The number of pyridine rings is 1. The van der Waals surface area contributed by atoms with Crippen molar-refractivity contribution in [3.8, 4) is 5.82 Å². The van der Waals surface area contributed by atoms with Crippen molar-refractivity contribution in [1.82, 2.24) is 19.9 Å². The lowest BCUT2D eigenvalue weighted by Gasteiger charge is -2.07. The number of aromatic nitrogens is 4. The molecule has 1 aromatic carbocycles. The predicted octanol–water partition coefficient (Wildman–Crippen LogP) is 3.85. The lowest BCUT2D eigenvalue weighted by molar-refractivity contribution is -0.155. The minimum Gasteiger partial charge on any atom is -0.398 e. The summed E-state index contributed by atoms with van der Waals surface area (Å²) in [5, 5.41) is 20.3. The van der Waals surface area contributed by atoms with Crippen molar-refractivity contribution in [2.75, 3.05) is 16.4 Å². The molecule has 168 valence electrons. The van der Waals surface area contributed by atoms with E-state index >= 15 is 0 Å². The van der Waals surface area contributed by atoms with E-state index in [-0.39, 0.29) is 5.82 Å². The molecule has 0 aliphatic rings.